The van der Waals surface area contributed by atoms with Gasteiger partial charge in [0.25, 0.3) is 0 Å². The van der Waals surface area contributed by atoms with Crippen LogP contribution < -0.4 is 30.1 Å². The smallest absolute Gasteiger partial charge is 0.308 e. The van der Waals surface area contributed by atoms with Crippen LogP contribution in [0.4, 0.5) is 0 Å². The number of aromatic hydroxyl groups is 1. The van der Waals surface area contributed by atoms with Crippen LogP contribution in [0.5, 0.6) is 23.0 Å². The lowest BCUT2D eigenvalue weighted by Crippen LogP contribution is -2.30. The zero-order chi connectivity index (χ0) is 38.5. The van der Waals surface area contributed by atoms with E-state index in [1.807, 2.05) is 77.9 Å². The molecular weight excluding hydrogens is 691 g/mol. The van der Waals surface area contributed by atoms with Crippen LogP contribution in [0.2, 0.25) is 0 Å². The average molecular weight is 737 g/mol. The number of ether oxygens (including phenoxy) is 3. The fourth-order valence-corrected chi connectivity index (χ4v) is 8.93. The van der Waals surface area contributed by atoms with Crippen molar-refractivity contribution in [3.8, 4) is 23.0 Å². The largest absolute Gasteiger partial charge is 0.744 e. The zero-order valence-electron chi connectivity index (χ0n) is 30.6. The van der Waals surface area contributed by atoms with Gasteiger partial charge in [-0.3, -0.25) is 14.4 Å². The first-order valence-corrected chi connectivity index (χ1v) is 19.6. The second-order valence-electron chi connectivity index (χ2n) is 14.1. The third-order valence-electron chi connectivity index (χ3n) is 7.83. The molecule has 0 saturated carbocycles. The Balaban J connectivity index is 0.000000316. The predicted octanol–water partition coefficient (Wildman–Crippen LogP) is 6.28. The molecule has 4 aromatic carbocycles. The van der Waals surface area contributed by atoms with Gasteiger partial charge in [-0.25, -0.2) is 8.42 Å². The number of phenolic OH excluding ortho intramolecular Hbond substituents is 1. The minimum atomic E-state index is -4.55. The molecule has 272 valence electrons. The van der Waals surface area contributed by atoms with Gasteiger partial charge in [-0.05, 0) is 95.8 Å². The van der Waals surface area contributed by atoms with Crippen molar-refractivity contribution >= 4 is 51.2 Å². The van der Waals surface area contributed by atoms with E-state index in [9.17, 15) is 32.5 Å². The van der Waals surface area contributed by atoms with Crippen molar-refractivity contribution in [2.24, 2.45) is 0 Å². The van der Waals surface area contributed by atoms with E-state index < -0.39 is 28.2 Å². The van der Waals surface area contributed by atoms with Crippen molar-refractivity contribution in [1.29, 1.82) is 0 Å². The molecule has 0 saturated heterocycles. The summed E-state index contributed by atoms with van der Waals surface area (Å²) < 4.78 is 49.3. The van der Waals surface area contributed by atoms with Crippen LogP contribution in [0.15, 0.2) is 89.8 Å². The molecule has 1 N–H and O–H groups in total. The van der Waals surface area contributed by atoms with Crippen molar-refractivity contribution in [3.05, 3.63) is 96.1 Å². The molecule has 0 aromatic heterocycles. The molecule has 0 spiro atoms. The van der Waals surface area contributed by atoms with Gasteiger partial charge in [-0.15, -0.1) is 0 Å². The third-order valence-corrected chi connectivity index (χ3v) is 12.6. The van der Waals surface area contributed by atoms with Gasteiger partial charge in [0.2, 0.25) is 0 Å². The molecule has 4 aromatic rings. The number of hydrogen-bond acceptors (Lipinski definition) is 10. The van der Waals surface area contributed by atoms with E-state index in [0.29, 0.717) is 28.4 Å². The van der Waals surface area contributed by atoms with Gasteiger partial charge in [0.15, 0.2) is 0 Å². The number of benzene rings is 4. The highest BCUT2D eigenvalue weighted by atomic mass is 32.2. The summed E-state index contributed by atoms with van der Waals surface area (Å²) in [4.78, 5) is 33.5. The Hall–Kier alpha value is -4.57. The van der Waals surface area contributed by atoms with E-state index in [0.717, 1.165) is 15.9 Å². The van der Waals surface area contributed by atoms with Crippen LogP contribution in [0, 0.1) is 0 Å². The predicted molar refractivity (Wildman–Crippen MR) is 198 cm³/mol. The van der Waals surface area contributed by atoms with Crippen molar-refractivity contribution in [1.82, 2.24) is 0 Å². The number of carbonyl (C=O) groups excluding carboxylic acids is 3. The molecule has 0 heterocycles. The second kappa shape index (κ2) is 15.8. The van der Waals surface area contributed by atoms with Gasteiger partial charge in [-0.1, -0.05) is 41.5 Å². The minimum Gasteiger partial charge on any atom is -0.744 e. The van der Waals surface area contributed by atoms with Crippen molar-refractivity contribution in [2.75, 3.05) is 6.66 Å². The second-order valence-corrected chi connectivity index (χ2v) is 19.0. The lowest BCUT2D eigenvalue weighted by Gasteiger charge is -2.28. The number of phenols is 1. The Bertz CT molecular complexity index is 1810. The maximum atomic E-state index is 11.3. The molecule has 0 unspecified atom stereocenters. The normalized spacial score (nSPS) is 11.9. The van der Waals surface area contributed by atoms with Crippen LogP contribution in [0.3, 0.4) is 0 Å². The molecule has 0 aliphatic carbocycles. The van der Waals surface area contributed by atoms with E-state index >= 15 is 0 Å². The monoisotopic (exact) mass is 736 g/mol. The van der Waals surface area contributed by atoms with Gasteiger partial charge in [0.05, 0.1) is 11.6 Å². The van der Waals surface area contributed by atoms with Crippen LogP contribution >= 0.6 is 7.26 Å². The molecule has 0 amide bonds. The maximum absolute atomic E-state index is 11.3. The van der Waals surface area contributed by atoms with E-state index in [1.54, 1.807) is 36.4 Å². The molecule has 0 aliphatic heterocycles. The summed E-state index contributed by atoms with van der Waals surface area (Å²) in [5.74, 6) is 0.356. The molecule has 0 aliphatic rings. The Morgan fingerprint density at radius 3 is 1.04 bits per heavy atom. The first-order valence-electron chi connectivity index (χ1n) is 16.0. The highest BCUT2D eigenvalue weighted by Gasteiger charge is 2.40. The van der Waals surface area contributed by atoms with Gasteiger partial charge in [-0.2, -0.15) is 0 Å². The summed E-state index contributed by atoms with van der Waals surface area (Å²) in [6.45, 7) is 17.4. The molecule has 4 rings (SSSR count). The van der Waals surface area contributed by atoms with E-state index in [1.165, 1.54) is 32.9 Å². The molecule has 0 fully saturated rings. The molecular formula is C39H45O10PS. The lowest BCUT2D eigenvalue weighted by molar-refractivity contribution is -0.132. The fourth-order valence-electron chi connectivity index (χ4n) is 5.28. The number of hydrogen-bond donors (Lipinski definition) is 1. The third kappa shape index (κ3) is 10.7. The molecule has 0 atom stereocenters. The van der Waals surface area contributed by atoms with Crippen molar-refractivity contribution in [2.45, 2.75) is 78.0 Å². The minimum absolute atomic E-state index is 0.0624. The van der Waals surface area contributed by atoms with Crippen LogP contribution in [0.25, 0.3) is 0 Å². The summed E-state index contributed by atoms with van der Waals surface area (Å²) >= 11 is 0. The summed E-state index contributed by atoms with van der Waals surface area (Å²) in [5, 5.41) is 13.5. The van der Waals surface area contributed by atoms with E-state index in [-0.39, 0.29) is 28.6 Å². The topological polar surface area (TPSA) is 156 Å². The first-order chi connectivity index (χ1) is 23.4. The Kier molecular flexibility index (Phi) is 12.6. The zero-order valence-corrected chi connectivity index (χ0v) is 32.3. The van der Waals surface area contributed by atoms with Gasteiger partial charge in [0, 0.05) is 31.9 Å². The fraction of sp³-hybridized carbons (Fsp3) is 0.308. The molecule has 0 bridgehead atoms. The Morgan fingerprint density at radius 2 is 0.843 bits per heavy atom. The van der Waals surface area contributed by atoms with Gasteiger partial charge >= 0.3 is 17.9 Å². The Labute approximate surface area is 300 Å². The molecule has 10 nitrogen and oxygen atoms in total. The number of carbonyl (C=O) groups is 3. The molecule has 12 heteroatoms. The van der Waals surface area contributed by atoms with Crippen LogP contribution in [0.1, 0.15) is 73.4 Å². The highest BCUT2D eigenvalue weighted by molar-refractivity contribution is 7.95. The number of rotatable bonds is 7. The SMILES string of the molecule is CC(=O)Oc1ccc([P+](C)(c2ccc(OC(C)=O)cc2)c2ccc(OC(C)=O)cc2)cc1.CC(C)(C)c1cc(S(=O)(=O)[O-])cc(C(C)(C)C)c1O. The van der Waals surface area contributed by atoms with Crippen LogP contribution in [-0.4, -0.2) is 42.6 Å². The maximum Gasteiger partial charge on any atom is 0.308 e. The molecule has 0 radical (unpaired) electrons. The standard InChI is InChI=1S/C25H24O6P.C14H22O4S/c1-17(26)29-20-5-11-23(12-6-20)32(4,24-13-7-21(8-14-24)30-18(2)27)25-15-9-22(10-16-25)31-19(3)28;1-13(2,3)10-7-9(19(16,17)18)8-11(12(10)15)14(4,5)6/h5-16H,1-4H3;7-8,15H,1-6H3,(H,16,17,18)/q+1;/p-1. The molecule has 51 heavy (non-hydrogen) atoms. The summed E-state index contributed by atoms with van der Waals surface area (Å²) in [7, 11) is -6.66. The van der Waals surface area contributed by atoms with E-state index in [4.69, 9.17) is 14.2 Å². The summed E-state index contributed by atoms with van der Waals surface area (Å²) in [5.41, 5.74) is 0.0268. The number of esters is 3. The first kappa shape index (κ1) is 40.9. The van der Waals surface area contributed by atoms with Crippen molar-refractivity contribution in [3.63, 3.8) is 0 Å². The van der Waals surface area contributed by atoms with Crippen LogP contribution in [-0.2, 0) is 35.3 Å². The lowest BCUT2D eigenvalue weighted by atomic mass is 9.79. The highest BCUT2D eigenvalue weighted by Crippen LogP contribution is 2.52. The quantitative estimate of drug-likeness (QED) is 0.0992. The Morgan fingerprint density at radius 1 is 0.588 bits per heavy atom. The average Bonchev–Trinajstić information content (AvgIpc) is 2.99. The summed E-state index contributed by atoms with van der Waals surface area (Å²) in [6.07, 6.45) is 0. The van der Waals surface area contributed by atoms with Gasteiger partial charge < -0.3 is 23.9 Å². The summed E-state index contributed by atoms with van der Waals surface area (Å²) in [6, 6.07) is 24.9. The van der Waals surface area contributed by atoms with E-state index in [2.05, 4.69) is 6.66 Å². The van der Waals surface area contributed by atoms with Crippen molar-refractivity contribution < 1.29 is 46.7 Å². The van der Waals surface area contributed by atoms with Gasteiger partial charge in [0.1, 0.15) is 56.3 Å².